The number of rotatable bonds is 4. The molecule has 0 N–H and O–H groups in total. The number of aryl methyl sites for hydroxylation is 3. The fourth-order valence-electron chi connectivity index (χ4n) is 10.5. The van der Waals surface area contributed by atoms with Gasteiger partial charge in [-0.15, -0.1) is 0 Å². The van der Waals surface area contributed by atoms with Crippen molar-refractivity contribution in [1.29, 1.82) is 0 Å². The second-order valence-electron chi connectivity index (χ2n) is 20.4. The molecule has 318 valence electrons. The van der Waals surface area contributed by atoms with Crippen molar-refractivity contribution in [3.8, 4) is 22.6 Å². The molecule has 0 saturated heterocycles. The van der Waals surface area contributed by atoms with Crippen molar-refractivity contribution in [3.63, 3.8) is 0 Å². The normalized spacial score (nSPS) is 13.5. The van der Waals surface area contributed by atoms with E-state index in [2.05, 4.69) is 193 Å². The van der Waals surface area contributed by atoms with Gasteiger partial charge in [0.05, 0.1) is 17.0 Å². The van der Waals surface area contributed by atoms with Crippen LogP contribution in [0.1, 0.15) is 69.4 Å². The van der Waals surface area contributed by atoms with Gasteiger partial charge in [0, 0.05) is 50.0 Å². The molecular formula is C59H51BN2O3. The van der Waals surface area contributed by atoms with E-state index in [0.717, 1.165) is 89.4 Å². The van der Waals surface area contributed by atoms with E-state index < -0.39 is 0 Å². The number of hydrogen-bond donors (Lipinski definition) is 0. The van der Waals surface area contributed by atoms with Crippen LogP contribution in [-0.4, -0.2) is 6.71 Å². The summed E-state index contributed by atoms with van der Waals surface area (Å²) in [5, 5.41) is 3.30. The first-order chi connectivity index (χ1) is 31.2. The molecule has 0 fully saturated rings. The van der Waals surface area contributed by atoms with Crippen LogP contribution < -0.4 is 26.4 Å². The predicted octanol–water partition coefficient (Wildman–Crippen LogP) is 14.9. The average molecular weight is 847 g/mol. The number of hydrogen-bond acceptors (Lipinski definition) is 5. The highest BCUT2D eigenvalue weighted by atomic mass is 16.3. The molecule has 5 heterocycles. The highest BCUT2D eigenvalue weighted by Crippen LogP contribution is 2.50. The Bertz CT molecular complexity index is 3480. The monoisotopic (exact) mass is 846 g/mol. The molecule has 3 aromatic heterocycles. The van der Waals surface area contributed by atoms with E-state index in [4.69, 9.17) is 13.3 Å². The summed E-state index contributed by atoms with van der Waals surface area (Å²) in [4.78, 5) is 5.00. The van der Waals surface area contributed by atoms with E-state index >= 15 is 0 Å². The molecule has 12 rings (SSSR count). The zero-order valence-electron chi connectivity index (χ0n) is 38.6. The third-order valence-corrected chi connectivity index (χ3v) is 13.8. The van der Waals surface area contributed by atoms with E-state index in [-0.39, 0.29) is 17.5 Å². The molecule has 6 heteroatoms. The van der Waals surface area contributed by atoms with Crippen molar-refractivity contribution >= 4 is 90.3 Å². The summed E-state index contributed by atoms with van der Waals surface area (Å²) in [6, 6.07) is 52.8. The Morgan fingerprint density at radius 3 is 1.66 bits per heavy atom. The van der Waals surface area contributed by atoms with Gasteiger partial charge in [-0.05, 0) is 155 Å². The predicted molar refractivity (Wildman–Crippen MR) is 272 cm³/mol. The fourth-order valence-corrected chi connectivity index (χ4v) is 10.5. The van der Waals surface area contributed by atoms with Crippen molar-refractivity contribution in [1.82, 2.24) is 0 Å². The minimum absolute atomic E-state index is 0.000365. The molecule has 0 radical (unpaired) electrons. The van der Waals surface area contributed by atoms with Crippen LogP contribution in [-0.2, 0) is 10.8 Å². The van der Waals surface area contributed by atoms with Crippen molar-refractivity contribution in [2.24, 2.45) is 0 Å². The molecule has 0 amide bonds. The SMILES string of the molecule is Cc1cc2c3c(c1)N(c1c(C)cc(C(C)(C)C)cc1C)c1c(oc4ccc(C(C)(C)C)cc14)B3c1cc(-c3cc4ccccc4o3)ccc1N2c1ccc(-c2cc3ccccc3o2)cc1. The van der Waals surface area contributed by atoms with Crippen LogP contribution in [0, 0.1) is 20.8 Å². The Hall–Kier alpha value is -7.18. The van der Waals surface area contributed by atoms with Crippen LogP contribution in [0.15, 0.2) is 159 Å². The number of fused-ring (bicyclic) bond motifs is 8. The summed E-state index contributed by atoms with van der Waals surface area (Å²) >= 11 is 0. The lowest BCUT2D eigenvalue weighted by molar-refractivity contribution is 0.589. The fraction of sp³-hybridized carbons (Fsp3) is 0.186. The smallest absolute Gasteiger partial charge is 0.297 e. The van der Waals surface area contributed by atoms with E-state index in [1.165, 1.54) is 44.7 Å². The molecule has 2 aliphatic heterocycles. The van der Waals surface area contributed by atoms with Crippen LogP contribution >= 0.6 is 0 Å². The Kier molecular flexibility index (Phi) is 8.44. The second kappa shape index (κ2) is 13.9. The maximum absolute atomic E-state index is 7.33. The lowest BCUT2D eigenvalue weighted by Crippen LogP contribution is -2.61. The van der Waals surface area contributed by atoms with E-state index in [1.54, 1.807) is 0 Å². The molecule has 65 heavy (non-hydrogen) atoms. The van der Waals surface area contributed by atoms with Crippen LogP contribution in [0.3, 0.4) is 0 Å². The molecule has 2 aliphatic rings. The van der Waals surface area contributed by atoms with E-state index in [9.17, 15) is 0 Å². The summed E-state index contributed by atoms with van der Waals surface area (Å²) in [5.74, 6) is 1.69. The molecule has 0 bridgehead atoms. The van der Waals surface area contributed by atoms with E-state index in [0.29, 0.717) is 0 Å². The standard InChI is InChI=1S/C59H51BN2O3/c1-34-26-47-54-48(27-34)62(55-35(2)28-42(29-36(55)3)59(7,8)9)56-44-33-41(58(4,5)6)21-25-51(44)65-57(56)60(54)45-30-40(53-32-39-15-11-13-17-50(39)64-53)20-24-46(45)61(47)43-22-18-37(19-23-43)52-31-38-14-10-12-16-49(38)63-52/h10-33H,1-9H3. The zero-order valence-corrected chi connectivity index (χ0v) is 38.6. The van der Waals surface area contributed by atoms with Crippen molar-refractivity contribution < 1.29 is 13.3 Å². The van der Waals surface area contributed by atoms with Gasteiger partial charge >= 0.3 is 0 Å². The van der Waals surface area contributed by atoms with Gasteiger partial charge in [-0.25, -0.2) is 0 Å². The van der Waals surface area contributed by atoms with E-state index in [1.807, 2.05) is 24.3 Å². The summed E-state index contributed by atoms with van der Waals surface area (Å²) in [5.41, 5.74) is 21.0. The minimum Gasteiger partial charge on any atom is -0.468 e. The van der Waals surface area contributed by atoms with Crippen LogP contribution in [0.2, 0.25) is 0 Å². The molecule has 0 aliphatic carbocycles. The molecular weight excluding hydrogens is 795 g/mol. The van der Waals surface area contributed by atoms with Gasteiger partial charge in [0.15, 0.2) is 0 Å². The number of para-hydroxylation sites is 2. The quantitative estimate of drug-likeness (QED) is 0.165. The Morgan fingerprint density at radius 1 is 0.462 bits per heavy atom. The first-order valence-electron chi connectivity index (χ1n) is 22.8. The summed E-state index contributed by atoms with van der Waals surface area (Å²) in [6.45, 7) is 20.3. The Labute approximate surface area is 381 Å². The second-order valence-corrected chi connectivity index (χ2v) is 20.4. The summed E-state index contributed by atoms with van der Waals surface area (Å²) in [6.07, 6.45) is 0. The minimum atomic E-state index is -0.211. The van der Waals surface area contributed by atoms with Gasteiger partial charge in [0.2, 0.25) is 0 Å². The molecule has 0 saturated carbocycles. The topological polar surface area (TPSA) is 45.9 Å². The number of furan rings is 3. The van der Waals surface area contributed by atoms with Crippen molar-refractivity contribution in [2.45, 2.75) is 73.1 Å². The Balaban J connectivity index is 1.14. The lowest BCUT2D eigenvalue weighted by atomic mass is 9.35. The van der Waals surface area contributed by atoms with Crippen LogP contribution in [0.5, 0.6) is 0 Å². The largest absolute Gasteiger partial charge is 0.468 e. The highest BCUT2D eigenvalue weighted by molar-refractivity contribution is 7.00. The summed E-state index contributed by atoms with van der Waals surface area (Å²) in [7, 11) is 0. The first kappa shape index (κ1) is 39.4. The number of nitrogens with zero attached hydrogens (tertiary/aromatic N) is 2. The molecule has 10 aromatic rings. The first-order valence-corrected chi connectivity index (χ1v) is 22.8. The number of benzene rings is 7. The average Bonchev–Trinajstić information content (AvgIpc) is 4.01. The van der Waals surface area contributed by atoms with Gasteiger partial charge in [0.1, 0.15) is 28.3 Å². The maximum Gasteiger partial charge on any atom is 0.297 e. The molecule has 0 unspecified atom stereocenters. The molecule has 0 atom stereocenters. The van der Waals surface area contributed by atoms with Gasteiger partial charge in [-0.3, -0.25) is 0 Å². The van der Waals surface area contributed by atoms with Crippen molar-refractivity contribution in [3.05, 3.63) is 173 Å². The maximum atomic E-state index is 7.33. The number of anilines is 6. The Morgan fingerprint density at radius 2 is 1.05 bits per heavy atom. The van der Waals surface area contributed by atoms with Gasteiger partial charge in [0.25, 0.3) is 6.71 Å². The lowest BCUT2D eigenvalue weighted by Gasteiger charge is -2.43. The molecule has 0 spiro atoms. The van der Waals surface area contributed by atoms with Gasteiger partial charge < -0.3 is 23.1 Å². The molecule has 5 nitrogen and oxygen atoms in total. The van der Waals surface area contributed by atoms with Gasteiger partial charge in [-0.1, -0.05) is 102 Å². The van der Waals surface area contributed by atoms with Crippen molar-refractivity contribution in [2.75, 3.05) is 9.80 Å². The van der Waals surface area contributed by atoms with Crippen LogP contribution in [0.4, 0.5) is 34.1 Å². The third-order valence-electron chi connectivity index (χ3n) is 13.8. The third kappa shape index (κ3) is 6.14. The summed E-state index contributed by atoms with van der Waals surface area (Å²) < 4.78 is 20.2. The van der Waals surface area contributed by atoms with Gasteiger partial charge in [-0.2, -0.15) is 0 Å². The van der Waals surface area contributed by atoms with Crippen LogP contribution in [0.25, 0.3) is 55.6 Å². The zero-order chi connectivity index (χ0) is 44.7. The molecule has 7 aromatic carbocycles. The highest BCUT2D eigenvalue weighted by Gasteiger charge is 2.47.